The fourth-order valence-electron chi connectivity index (χ4n) is 2.22. The summed E-state index contributed by atoms with van der Waals surface area (Å²) in [6.45, 7) is 3.14. The van der Waals surface area contributed by atoms with E-state index in [4.69, 9.17) is 6.42 Å². The summed E-state index contributed by atoms with van der Waals surface area (Å²) in [7, 11) is -3.50. The highest BCUT2D eigenvalue weighted by Gasteiger charge is 2.23. The molecule has 0 fully saturated rings. The van der Waals surface area contributed by atoms with Gasteiger partial charge in [0, 0.05) is 18.8 Å². The van der Waals surface area contributed by atoms with E-state index in [1.807, 2.05) is 6.07 Å². The lowest BCUT2D eigenvalue weighted by molar-refractivity contribution is 0.464. The van der Waals surface area contributed by atoms with Crippen LogP contribution in [0.2, 0.25) is 0 Å². The molecule has 0 aliphatic carbocycles. The van der Waals surface area contributed by atoms with E-state index in [9.17, 15) is 8.42 Å². The first kappa shape index (κ1) is 13.9. The van der Waals surface area contributed by atoms with E-state index in [1.165, 1.54) is 9.87 Å². The predicted octanol–water partition coefficient (Wildman–Crippen LogP) is 1.69. The molecule has 0 amide bonds. The van der Waals surface area contributed by atoms with Gasteiger partial charge >= 0.3 is 0 Å². The number of nitrogens with zero attached hydrogens (tertiary/aromatic N) is 1. The van der Waals surface area contributed by atoms with Crippen LogP contribution in [0.15, 0.2) is 23.1 Å². The molecule has 0 unspecified atom stereocenters. The van der Waals surface area contributed by atoms with Crippen LogP contribution >= 0.6 is 0 Å². The van der Waals surface area contributed by atoms with E-state index in [1.54, 1.807) is 19.1 Å². The standard InChI is InChI=1S/C14H18N2O2S/c1-3-10-16(4-2)19(17,18)13-8-7-12-6-5-9-15-14(12)11-13/h1,7-8,11,15H,4-6,9-10H2,2H3. The summed E-state index contributed by atoms with van der Waals surface area (Å²) in [4.78, 5) is 0.303. The SMILES string of the molecule is C#CCN(CC)S(=O)(=O)c1ccc2c(c1)NCCC2. The van der Waals surface area contributed by atoms with Gasteiger partial charge in [-0.15, -0.1) is 6.42 Å². The first-order chi connectivity index (χ1) is 9.09. The molecule has 0 radical (unpaired) electrons. The van der Waals surface area contributed by atoms with Gasteiger partial charge in [-0.3, -0.25) is 0 Å². The molecule has 2 rings (SSSR count). The van der Waals surface area contributed by atoms with Crippen molar-refractivity contribution < 1.29 is 8.42 Å². The number of anilines is 1. The van der Waals surface area contributed by atoms with E-state index in [2.05, 4.69) is 11.2 Å². The largest absolute Gasteiger partial charge is 0.385 e. The molecule has 102 valence electrons. The zero-order chi connectivity index (χ0) is 13.9. The zero-order valence-electron chi connectivity index (χ0n) is 11.0. The number of hydrogen-bond acceptors (Lipinski definition) is 3. The van der Waals surface area contributed by atoms with Crippen molar-refractivity contribution in [3.05, 3.63) is 23.8 Å². The maximum absolute atomic E-state index is 12.4. The van der Waals surface area contributed by atoms with Crippen LogP contribution < -0.4 is 5.32 Å². The second kappa shape index (κ2) is 5.64. The predicted molar refractivity (Wildman–Crippen MR) is 76.5 cm³/mol. The quantitative estimate of drug-likeness (QED) is 0.853. The van der Waals surface area contributed by atoms with Gasteiger partial charge in [-0.05, 0) is 30.5 Å². The number of fused-ring (bicyclic) bond motifs is 1. The lowest BCUT2D eigenvalue weighted by Gasteiger charge is -2.21. The third-order valence-corrected chi connectivity index (χ3v) is 5.19. The molecular weight excluding hydrogens is 260 g/mol. The van der Waals surface area contributed by atoms with E-state index in [0.29, 0.717) is 11.4 Å². The number of terminal acetylenes is 1. The van der Waals surface area contributed by atoms with Crippen molar-refractivity contribution >= 4 is 15.7 Å². The topological polar surface area (TPSA) is 49.4 Å². The van der Waals surface area contributed by atoms with Crippen LogP contribution in [0.25, 0.3) is 0 Å². The molecule has 5 heteroatoms. The molecule has 0 aromatic heterocycles. The van der Waals surface area contributed by atoms with Crippen molar-refractivity contribution in [3.8, 4) is 12.3 Å². The molecule has 0 saturated heterocycles. The summed E-state index contributed by atoms with van der Waals surface area (Å²) < 4.78 is 26.2. The highest BCUT2D eigenvalue weighted by atomic mass is 32.2. The molecule has 1 aliphatic heterocycles. The minimum atomic E-state index is -3.50. The van der Waals surface area contributed by atoms with Crippen molar-refractivity contribution in [2.75, 3.05) is 25.0 Å². The highest BCUT2D eigenvalue weighted by Crippen LogP contribution is 2.26. The zero-order valence-corrected chi connectivity index (χ0v) is 11.8. The van der Waals surface area contributed by atoms with Crippen LogP contribution in [0.5, 0.6) is 0 Å². The fraction of sp³-hybridized carbons (Fsp3) is 0.429. The third-order valence-electron chi connectivity index (χ3n) is 3.28. The number of rotatable bonds is 4. The Morgan fingerprint density at radius 3 is 2.95 bits per heavy atom. The Labute approximate surface area is 114 Å². The highest BCUT2D eigenvalue weighted by molar-refractivity contribution is 7.89. The van der Waals surface area contributed by atoms with E-state index < -0.39 is 10.0 Å². The molecule has 0 saturated carbocycles. The third kappa shape index (κ3) is 2.75. The summed E-state index contributed by atoms with van der Waals surface area (Å²) in [5.41, 5.74) is 2.09. The van der Waals surface area contributed by atoms with Gasteiger partial charge in [0.2, 0.25) is 10.0 Å². The average molecular weight is 278 g/mol. The van der Waals surface area contributed by atoms with Crippen LogP contribution in [0.3, 0.4) is 0 Å². The minimum absolute atomic E-state index is 0.101. The maximum atomic E-state index is 12.4. The smallest absolute Gasteiger partial charge is 0.244 e. The molecule has 4 nitrogen and oxygen atoms in total. The van der Waals surface area contributed by atoms with Gasteiger partial charge in [0.25, 0.3) is 0 Å². The van der Waals surface area contributed by atoms with Gasteiger partial charge < -0.3 is 5.32 Å². The Kier molecular flexibility index (Phi) is 4.13. The Bertz CT molecular complexity index is 602. The number of aryl methyl sites for hydroxylation is 1. The molecule has 1 N–H and O–H groups in total. The Balaban J connectivity index is 2.38. The summed E-state index contributed by atoms with van der Waals surface area (Å²) in [6.07, 6.45) is 7.29. The van der Waals surface area contributed by atoms with E-state index >= 15 is 0 Å². The van der Waals surface area contributed by atoms with Gasteiger partial charge in [-0.2, -0.15) is 4.31 Å². The van der Waals surface area contributed by atoms with Crippen molar-refractivity contribution in [2.45, 2.75) is 24.7 Å². The van der Waals surface area contributed by atoms with E-state index in [0.717, 1.165) is 25.1 Å². The van der Waals surface area contributed by atoms with Gasteiger partial charge in [-0.1, -0.05) is 18.9 Å². The normalized spacial score (nSPS) is 14.6. The number of sulfonamides is 1. The molecule has 0 atom stereocenters. The molecule has 1 aliphatic rings. The lowest BCUT2D eigenvalue weighted by atomic mass is 10.0. The number of hydrogen-bond donors (Lipinski definition) is 1. The Morgan fingerprint density at radius 1 is 1.47 bits per heavy atom. The van der Waals surface area contributed by atoms with Crippen LogP contribution in [-0.2, 0) is 16.4 Å². The van der Waals surface area contributed by atoms with Crippen LogP contribution in [-0.4, -0.2) is 32.4 Å². The van der Waals surface area contributed by atoms with Crippen LogP contribution in [0.1, 0.15) is 18.9 Å². The van der Waals surface area contributed by atoms with Crippen LogP contribution in [0.4, 0.5) is 5.69 Å². The average Bonchev–Trinajstić information content (AvgIpc) is 2.44. The molecule has 19 heavy (non-hydrogen) atoms. The van der Waals surface area contributed by atoms with Crippen molar-refractivity contribution in [1.29, 1.82) is 0 Å². The van der Waals surface area contributed by atoms with Gasteiger partial charge in [0.15, 0.2) is 0 Å². The molecule has 0 spiro atoms. The van der Waals surface area contributed by atoms with Gasteiger partial charge in [0.1, 0.15) is 0 Å². The summed E-state index contributed by atoms with van der Waals surface area (Å²) in [5, 5.41) is 3.24. The number of nitrogens with one attached hydrogen (secondary N) is 1. The van der Waals surface area contributed by atoms with Gasteiger partial charge in [0.05, 0.1) is 11.4 Å². The van der Waals surface area contributed by atoms with Crippen LogP contribution in [0, 0.1) is 12.3 Å². The molecular formula is C14H18N2O2S. The fourth-order valence-corrected chi connectivity index (χ4v) is 3.61. The minimum Gasteiger partial charge on any atom is -0.385 e. The first-order valence-electron chi connectivity index (χ1n) is 6.40. The van der Waals surface area contributed by atoms with Gasteiger partial charge in [-0.25, -0.2) is 8.42 Å². The lowest BCUT2D eigenvalue weighted by Crippen LogP contribution is -2.31. The monoisotopic (exact) mass is 278 g/mol. The summed E-state index contributed by atoms with van der Waals surface area (Å²) in [5.74, 6) is 2.39. The van der Waals surface area contributed by atoms with Crippen molar-refractivity contribution in [1.82, 2.24) is 4.31 Å². The van der Waals surface area contributed by atoms with E-state index in [-0.39, 0.29) is 6.54 Å². The number of benzene rings is 1. The molecule has 1 aromatic rings. The second-order valence-electron chi connectivity index (χ2n) is 4.48. The Morgan fingerprint density at radius 2 is 2.26 bits per heavy atom. The molecule has 1 heterocycles. The Hall–Kier alpha value is -1.51. The molecule has 0 bridgehead atoms. The van der Waals surface area contributed by atoms with Crippen molar-refractivity contribution in [2.24, 2.45) is 0 Å². The molecule has 1 aromatic carbocycles. The van der Waals surface area contributed by atoms with Crippen molar-refractivity contribution in [3.63, 3.8) is 0 Å². The summed E-state index contributed by atoms with van der Waals surface area (Å²) >= 11 is 0. The summed E-state index contributed by atoms with van der Waals surface area (Å²) in [6, 6.07) is 5.27. The maximum Gasteiger partial charge on any atom is 0.244 e. The first-order valence-corrected chi connectivity index (χ1v) is 7.84. The second-order valence-corrected chi connectivity index (χ2v) is 6.42.